The molecule has 0 radical (unpaired) electrons. The average Bonchev–Trinajstić information content (AvgIpc) is 2.81. The molecule has 0 spiro atoms. The number of halogens is 4. The lowest BCUT2D eigenvalue weighted by Gasteiger charge is -2.27. The highest BCUT2D eigenvalue weighted by Gasteiger charge is 2.35. The van der Waals surface area contributed by atoms with Gasteiger partial charge in [-0.3, -0.25) is 0 Å². The van der Waals surface area contributed by atoms with Crippen LogP contribution in [0.5, 0.6) is 0 Å². The summed E-state index contributed by atoms with van der Waals surface area (Å²) in [6, 6.07) is 2.49. The fourth-order valence-electron chi connectivity index (χ4n) is 3.30. The molecule has 2 aliphatic rings. The second-order valence-corrected chi connectivity index (χ2v) is 8.12. The summed E-state index contributed by atoms with van der Waals surface area (Å²) in [6.45, 7) is 1.28. The third kappa shape index (κ3) is 3.87. The van der Waals surface area contributed by atoms with Crippen molar-refractivity contribution in [3.05, 3.63) is 29.6 Å². The summed E-state index contributed by atoms with van der Waals surface area (Å²) in [4.78, 5) is -0.657. The van der Waals surface area contributed by atoms with Crippen LogP contribution in [0.25, 0.3) is 0 Å². The molecule has 24 heavy (non-hydrogen) atoms. The summed E-state index contributed by atoms with van der Waals surface area (Å²) >= 11 is 0. The Morgan fingerprint density at radius 1 is 1.21 bits per heavy atom. The predicted octanol–water partition coefficient (Wildman–Crippen LogP) is 2.95. The average molecular weight is 385 g/mol. The molecule has 2 atom stereocenters. The monoisotopic (exact) mass is 384 g/mol. The molecule has 1 aromatic rings. The summed E-state index contributed by atoms with van der Waals surface area (Å²) in [6.07, 6.45) is -0.0301. The molecule has 4 nitrogen and oxygen atoms in total. The largest absolute Gasteiger partial charge is 0.312 e. The molecule has 0 saturated carbocycles. The van der Waals surface area contributed by atoms with Gasteiger partial charge < -0.3 is 5.32 Å². The Kier molecular flexibility index (Phi) is 6.17. The Morgan fingerprint density at radius 3 is 2.67 bits per heavy atom. The number of hydrogen-bond donors (Lipinski definition) is 1. The van der Waals surface area contributed by atoms with Crippen LogP contribution in [0.4, 0.5) is 13.2 Å². The number of nitrogens with one attached hydrogen (secondary N) is 1. The Bertz CT molecular complexity index is 673. The van der Waals surface area contributed by atoms with Crippen molar-refractivity contribution in [2.75, 3.05) is 19.6 Å². The smallest absolute Gasteiger partial charge is 0.263 e. The summed E-state index contributed by atoms with van der Waals surface area (Å²) in [5.74, 6) is -0.824. The molecule has 0 amide bonds. The summed E-state index contributed by atoms with van der Waals surface area (Å²) in [5, 5.41) is 3.32. The minimum absolute atomic E-state index is 0. The zero-order valence-corrected chi connectivity index (χ0v) is 14.6. The van der Waals surface area contributed by atoms with Crippen molar-refractivity contribution in [1.82, 2.24) is 9.62 Å². The molecule has 2 fully saturated rings. The van der Waals surface area contributed by atoms with Crippen LogP contribution in [0.2, 0.25) is 0 Å². The van der Waals surface area contributed by atoms with Gasteiger partial charge in [0.2, 0.25) is 10.0 Å². The van der Waals surface area contributed by atoms with Gasteiger partial charge in [0, 0.05) is 24.7 Å². The molecule has 2 heterocycles. The lowest BCUT2D eigenvalue weighted by Crippen LogP contribution is -2.41. The van der Waals surface area contributed by atoms with E-state index in [1.54, 1.807) is 0 Å². The zero-order valence-electron chi connectivity index (χ0n) is 12.9. The first-order valence-corrected chi connectivity index (χ1v) is 9.13. The van der Waals surface area contributed by atoms with Crippen LogP contribution in [0.1, 0.15) is 31.3 Å². The molecule has 2 saturated heterocycles. The molecule has 2 unspecified atom stereocenters. The van der Waals surface area contributed by atoms with E-state index in [1.807, 2.05) is 0 Å². The van der Waals surface area contributed by atoms with Crippen LogP contribution < -0.4 is 5.32 Å². The number of alkyl halides is 2. The molecular formula is C15H20ClF3N2O2S. The minimum Gasteiger partial charge on any atom is -0.312 e. The fourth-order valence-corrected chi connectivity index (χ4v) is 4.96. The minimum atomic E-state index is -4.13. The fraction of sp³-hybridized carbons (Fsp3) is 0.600. The number of nitrogens with zero attached hydrogens (tertiary/aromatic N) is 1. The van der Waals surface area contributed by atoms with Crippen LogP contribution >= 0.6 is 12.4 Å². The van der Waals surface area contributed by atoms with E-state index in [0.717, 1.165) is 44.0 Å². The van der Waals surface area contributed by atoms with Gasteiger partial charge in [0.05, 0.1) is 0 Å². The van der Waals surface area contributed by atoms with Gasteiger partial charge in [0.25, 0.3) is 6.43 Å². The van der Waals surface area contributed by atoms with Crippen LogP contribution in [-0.4, -0.2) is 38.4 Å². The van der Waals surface area contributed by atoms with Gasteiger partial charge in [0.15, 0.2) is 0 Å². The van der Waals surface area contributed by atoms with E-state index in [1.165, 1.54) is 4.31 Å². The van der Waals surface area contributed by atoms with Crippen molar-refractivity contribution in [3.63, 3.8) is 0 Å². The number of hydrogen-bond acceptors (Lipinski definition) is 3. The second-order valence-electron chi connectivity index (χ2n) is 6.21. The lowest BCUT2D eigenvalue weighted by atomic mass is 10.0. The third-order valence-corrected chi connectivity index (χ3v) is 6.42. The zero-order chi connectivity index (χ0) is 16.6. The van der Waals surface area contributed by atoms with Crippen molar-refractivity contribution in [1.29, 1.82) is 0 Å². The Morgan fingerprint density at radius 2 is 1.96 bits per heavy atom. The van der Waals surface area contributed by atoms with E-state index in [4.69, 9.17) is 0 Å². The number of benzene rings is 1. The van der Waals surface area contributed by atoms with Gasteiger partial charge in [-0.05, 0) is 37.4 Å². The predicted molar refractivity (Wildman–Crippen MR) is 86.5 cm³/mol. The first-order valence-electron chi connectivity index (χ1n) is 7.69. The highest BCUT2D eigenvalue weighted by molar-refractivity contribution is 7.89. The molecule has 3 rings (SSSR count). The van der Waals surface area contributed by atoms with Crippen LogP contribution in [-0.2, 0) is 10.0 Å². The standard InChI is InChI=1S/C15H19F3N2O2S.ClH/c16-13-5-4-11(15(17)18)6-14(13)23(21,22)20-8-10-2-1-3-12(9-20)19-7-10;/h4-6,10,12,15,19H,1-3,7-9H2;1H. The van der Waals surface area contributed by atoms with Gasteiger partial charge in [-0.2, -0.15) is 4.31 Å². The number of rotatable bonds is 3. The normalized spacial score (nSPS) is 25.2. The Balaban J connectivity index is 0.00000208. The van der Waals surface area contributed by atoms with E-state index in [0.29, 0.717) is 6.54 Å². The SMILES string of the molecule is Cl.O=S(=O)(c1cc(C(F)F)ccc1F)N1CC2CCCC(C1)NC2. The Labute approximate surface area is 145 Å². The van der Waals surface area contributed by atoms with Gasteiger partial charge in [-0.1, -0.05) is 12.5 Å². The Hall–Kier alpha value is -0.830. The van der Waals surface area contributed by atoms with E-state index in [9.17, 15) is 21.6 Å². The maximum Gasteiger partial charge on any atom is 0.263 e. The first-order chi connectivity index (χ1) is 10.9. The van der Waals surface area contributed by atoms with Gasteiger partial charge in [0.1, 0.15) is 10.7 Å². The summed E-state index contributed by atoms with van der Waals surface area (Å²) in [5.41, 5.74) is -0.488. The molecule has 9 heteroatoms. The van der Waals surface area contributed by atoms with Gasteiger partial charge in [-0.25, -0.2) is 21.6 Å². The van der Waals surface area contributed by atoms with Crippen molar-refractivity contribution < 1.29 is 21.6 Å². The first kappa shape index (κ1) is 19.5. The molecule has 0 aliphatic carbocycles. The van der Waals surface area contributed by atoms with Gasteiger partial charge >= 0.3 is 0 Å². The molecule has 2 aliphatic heterocycles. The van der Waals surface area contributed by atoms with E-state index in [2.05, 4.69) is 5.32 Å². The van der Waals surface area contributed by atoms with Crippen LogP contribution in [0, 0.1) is 11.7 Å². The third-order valence-electron chi connectivity index (χ3n) is 4.57. The molecule has 2 bridgehead atoms. The van der Waals surface area contributed by atoms with E-state index >= 15 is 0 Å². The highest BCUT2D eigenvalue weighted by Crippen LogP contribution is 2.29. The van der Waals surface area contributed by atoms with E-state index < -0.39 is 32.7 Å². The molecule has 1 aromatic carbocycles. The summed E-state index contributed by atoms with van der Waals surface area (Å²) < 4.78 is 66.5. The van der Waals surface area contributed by atoms with Crippen molar-refractivity contribution >= 4 is 22.4 Å². The quantitative estimate of drug-likeness (QED) is 0.871. The molecular weight excluding hydrogens is 365 g/mol. The maximum atomic E-state index is 14.0. The second kappa shape index (κ2) is 7.59. The number of fused-ring (bicyclic) bond motifs is 3. The summed E-state index contributed by atoms with van der Waals surface area (Å²) in [7, 11) is -4.13. The maximum absolute atomic E-state index is 14.0. The topological polar surface area (TPSA) is 49.4 Å². The van der Waals surface area contributed by atoms with Crippen molar-refractivity contribution in [2.24, 2.45) is 5.92 Å². The van der Waals surface area contributed by atoms with Crippen molar-refractivity contribution in [3.8, 4) is 0 Å². The van der Waals surface area contributed by atoms with Gasteiger partial charge in [-0.15, -0.1) is 12.4 Å². The van der Waals surface area contributed by atoms with E-state index in [-0.39, 0.29) is 30.9 Å². The molecule has 0 aromatic heterocycles. The number of sulfonamides is 1. The van der Waals surface area contributed by atoms with Crippen molar-refractivity contribution in [2.45, 2.75) is 36.6 Å². The van der Waals surface area contributed by atoms with Crippen LogP contribution in [0.15, 0.2) is 23.1 Å². The molecule has 136 valence electrons. The molecule has 1 N–H and O–H groups in total. The highest BCUT2D eigenvalue weighted by atomic mass is 35.5. The lowest BCUT2D eigenvalue weighted by molar-refractivity contribution is 0.151. The van der Waals surface area contributed by atoms with Crippen LogP contribution in [0.3, 0.4) is 0 Å².